The zero-order valence-corrected chi connectivity index (χ0v) is 19.5. The summed E-state index contributed by atoms with van der Waals surface area (Å²) in [5, 5.41) is 3.42. The number of carbonyl (C=O) groups is 3. The highest BCUT2D eigenvalue weighted by atomic mass is 35.5. The Balaban J connectivity index is 1.58. The van der Waals surface area contributed by atoms with E-state index in [1.54, 1.807) is 19.9 Å². The van der Waals surface area contributed by atoms with Crippen LogP contribution in [0.5, 0.6) is 0 Å². The molecule has 11 heteroatoms. The first-order valence-electron chi connectivity index (χ1n) is 10.4. The van der Waals surface area contributed by atoms with Crippen LogP contribution in [0, 0.1) is 5.92 Å². The van der Waals surface area contributed by atoms with Crippen molar-refractivity contribution in [2.24, 2.45) is 5.92 Å². The van der Waals surface area contributed by atoms with Crippen molar-refractivity contribution < 1.29 is 23.9 Å². The number of pyridine rings is 1. The number of amides is 1. The molecule has 1 fully saturated rings. The highest BCUT2D eigenvalue weighted by Crippen LogP contribution is 2.29. The lowest BCUT2D eigenvalue weighted by Crippen LogP contribution is -2.37. The summed E-state index contributed by atoms with van der Waals surface area (Å²) in [7, 11) is 0. The van der Waals surface area contributed by atoms with Crippen molar-refractivity contribution in [3.05, 3.63) is 33.9 Å². The third-order valence-electron chi connectivity index (χ3n) is 4.90. The van der Waals surface area contributed by atoms with Crippen molar-refractivity contribution in [2.75, 3.05) is 36.5 Å². The van der Waals surface area contributed by atoms with Crippen LogP contribution in [-0.4, -0.2) is 54.1 Å². The molecule has 0 saturated carbocycles. The zero-order chi connectivity index (χ0) is 23.1. The molecule has 2 aromatic rings. The molecule has 1 aliphatic rings. The number of hydrogen-bond acceptors (Lipinski definition) is 9. The van der Waals surface area contributed by atoms with E-state index in [1.807, 2.05) is 4.90 Å². The number of halogens is 1. The van der Waals surface area contributed by atoms with Crippen LogP contribution in [0.15, 0.2) is 18.5 Å². The minimum Gasteiger partial charge on any atom is -0.466 e. The molecule has 0 unspecified atom stereocenters. The molecule has 0 atom stereocenters. The molecule has 0 spiro atoms. The van der Waals surface area contributed by atoms with Crippen molar-refractivity contribution in [3.63, 3.8) is 0 Å². The number of aromatic nitrogens is 2. The molecule has 3 rings (SSSR count). The van der Waals surface area contributed by atoms with Gasteiger partial charge in [0.2, 0.25) is 0 Å². The van der Waals surface area contributed by atoms with E-state index in [2.05, 4.69) is 15.3 Å². The number of rotatable bonds is 8. The summed E-state index contributed by atoms with van der Waals surface area (Å²) in [6, 6.07) is 1.56. The fourth-order valence-corrected chi connectivity index (χ4v) is 4.42. The maximum Gasteiger partial charge on any atom is 0.311 e. The second kappa shape index (κ2) is 11.2. The molecule has 0 aliphatic carbocycles. The molecule has 0 radical (unpaired) electrons. The van der Waals surface area contributed by atoms with Gasteiger partial charge in [-0.05, 0) is 32.8 Å². The molecule has 2 aromatic heterocycles. The van der Waals surface area contributed by atoms with Gasteiger partial charge in [-0.1, -0.05) is 11.6 Å². The van der Waals surface area contributed by atoms with Gasteiger partial charge in [-0.3, -0.25) is 19.7 Å². The monoisotopic (exact) mass is 480 g/mol. The Bertz CT molecular complexity index is 975. The van der Waals surface area contributed by atoms with Gasteiger partial charge in [-0.2, -0.15) is 0 Å². The van der Waals surface area contributed by atoms with Gasteiger partial charge in [0.25, 0.3) is 5.91 Å². The van der Waals surface area contributed by atoms with Gasteiger partial charge in [0.1, 0.15) is 5.82 Å². The van der Waals surface area contributed by atoms with E-state index >= 15 is 0 Å². The van der Waals surface area contributed by atoms with Gasteiger partial charge in [0.05, 0.1) is 36.1 Å². The van der Waals surface area contributed by atoms with Gasteiger partial charge >= 0.3 is 11.9 Å². The van der Waals surface area contributed by atoms with E-state index in [1.165, 1.54) is 23.7 Å². The molecular weight excluding hydrogens is 456 g/mol. The summed E-state index contributed by atoms with van der Waals surface area (Å²) in [4.78, 5) is 47.2. The number of hydrogen-bond donors (Lipinski definition) is 1. The van der Waals surface area contributed by atoms with Gasteiger partial charge in [-0.25, -0.2) is 9.97 Å². The number of esters is 2. The standard InChI is InChI=1S/C21H25ClN4O5S/c1-3-30-17(27)10-15-12-24-21(32-15)25-19(28)14-9-16(22)18(23-11-14)26-7-5-13(6-8-26)20(29)31-4-2/h9,11-13H,3-8,10H2,1-2H3,(H,24,25,28). The first kappa shape index (κ1) is 23.9. The molecule has 1 N–H and O–H groups in total. The van der Waals surface area contributed by atoms with E-state index in [4.69, 9.17) is 21.1 Å². The zero-order valence-electron chi connectivity index (χ0n) is 17.9. The van der Waals surface area contributed by atoms with Crippen molar-refractivity contribution in [1.82, 2.24) is 9.97 Å². The normalized spacial score (nSPS) is 14.2. The molecule has 0 bridgehead atoms. The first-order chi connectivity index (χ1) is 15.4. The third kappa shape index (κ3) is 6.17. The summed E-state index contributed by atoms with van der Waals surface area (Å²) < 4.78 is 10.0. The Morgan fingerprint density at radius 2 is 1.88 bits per heavy atom. The fraction of sp³-hybridized carbons (Fsp3) is 0.476. The summed E-state index contributed by atoms with van der Waals surface area (Å²) >= 11 is 7.61. The van der Waals surface area contributed by atoms with E-state index < -0.39 is 5.91 Å². The Labute approximate surface area is 195 Å². The summed E-state index contributed by atoms with van der Waals surface area (Å²) in [6.45, 7) is 5.49. The van der Waals surface area contributed by atoms with E-state index in [0.717, 1.165) is 0 Å². The maximum atomic E-state index is 12.6. The van der Waals surface area contributed by atoms with Gasteiger partial charge in [0, 0.05) is 30.4 Å². The van der Waals surface area contributed by atoms with Crippen LogP contribution in [0.1, 0.15) is 41.9 Å². The minimum absolute atomic E-state index is 0.107. The number of carbonyl (C=O) groups excluding carboxylic acids is 3. The Hall–Kier alpha value is -2.72. The van der Waals surface area contributed by atoms with Crippen LogP contribution >= 0.6 is 22.9 Å². The molecule has 1 amide bonds. The molecule has 0 aromatic carbocycles. The second-order valence-corrected chi connectivity index (χ2v) is 8.63. The van der Waals surface area contributed by atoms with E-state index in [0.29, 0.717) is 65.6 Å². The number of anilines is 2. The smallest absolute Gasteiger partial charge is 0.311 e. The molecule has 32 heavy (non-hydrogen) atoms. The van der Waals surface area contributed by atoms with Gasteiger partial charge < -0.3 is 14.4 Å². The van der Waals surface area contributed by atoms with Crippen molar-refractivity contribution in [2.45, 2.75) is 33.1 Å². The maximum absolute atomic E-state index is 12.6. The second-order valence-electron chi connectivity index (χ2n) is 7.11. The Morgan fingerprint density at radius 3 is 2.53 bits per heavy atom. The lowest BCUT2D eigenvalue weighted by atomic mass is 9.97. The Kier molecular flexibility index (Phi) is 8.40. The Morgan fingerprint density at radius 1 is 1.16 bits per heavy atom. The molecule has 172 valence electrons. The number of piperidine rings is 1. The summed E-state index contributed by atoms with van der Waals surface area (Å²) in [6.07, 6.45) is 4.43. The lowest BCUT2D eigenvalue weighted by molar-refractivity contribution is -0.148. The van der Waals surface area contributed by atoms with Crippen LogP contribution in [0.25, 0.3) is 0 Å². The minimum atomic E-state index is -0.399. The molecule has 9 nitrogen and oxygen atoms in total. The SMILES string of the molecule is CCOC(=O)Cc1cnc(NC(=O)c2cnc(N3CCC(C(=O)OCC)CC3)c(Cl)c2)s1. The van der Waals surface area contributed by atoms with E-state index in [9.17, 15) is 14.4 Å². The first-order valence-corrected chi connectivity index (χ1v) is 11.6. The summed E-state index contributed by atoms with van der Waals surface area (Å²) in [5.74, 6) is -0.430. The predicted octanol–water partition coefficient (Wildman–Crippen LogP) is 3.33. The average molecular weight is 481 g/mol. The van der Waals surface area contributed by atoms with Crippen molar-refractivity contribution >= 4 is 51.7 Å². The molecule has 3 heterocycles. The van der Waals surface area contributed by atoms with Crippen LogP contribution in [0.3, 0.4) is 0 Å². The summed E-state index contributed by atoms with van der Waals surface area (Å²) in [5.41, 5.74) is 0.294. The van der Waals surface area contributed by atoms with Crippen LogP contribution < -0.4 is 10.2 Å². The van der Waals surface area contributed by atoms with Gasteiger partial charge in [0.15, 0.2) is 5.13 Å². The molecular formula is C21H25ClN4O5S. The average Bonchev–Trinajstić information content (AvgIpc) is 3.20. The third-order valence-corrected chi connectivity index (χ3v) is 6.09. The molecule has 1 aliphatic heterocycles. The quantitative estimate of drug-likeness (QED) is 0.573. The number of thiazole rings is 1. The fourth-order valence-electron chi connectivity index (χ4n) is 3.35. The van der Waals surface area contributed by atoms with Crippen LogP contribution in [-0.2, 0) is 25.5 Å². The van der Waals surface area contributed by atoms with Crippen molar-refractivity contribution in [3.8, 4) is 0 Å². The highest BCUT2D eigenvalue weighted by molar-refractivity contribution is 7.15. The largest absolute Gasteiger partial charge is 0.466 e. The molecule has 1 saturated heterocycles. The van der Waals surface area contributed by atoms with Gasteiger partial charge in [-0.15, -0.1) is 11.3 Å². The van der Waals surface area contributed by atoms with Crippen LogP contribution in [0.2, 0.25) is 5.02 Å². The highest BCUT2D eigenvalue weighted by Gasteiger charge is 2.27. The van der Waals surface area contributed by atoms with Crippen LogP contribution in [0.4, 0.5) is 10.9 Å². The topological polar surface area (TPSA) is 111 Å². The van der Waals surface area contributed by atoms with E-state index in [-0.39, 0.29) is 24.3 Å². The lowest BCUT2D eigenvalue weighted by Gasteiger charge is -2.32. The number of nitrogens with one attached hydrogen (secondary N) is 1. The number of ether oxygens (including phenoxy) is 2. The number of nitrogens with zero attached hydrogens (tertiary/aromatic N) is 3. The predicted molar refractivity (Wildman–Crippen MR) is 121 cm³/mol. The van der Waals surface area contributed by atoms with Crippen molar-refractivity contribution in [1.29, 1.82) is 0 Å².